The van der Waals surface area contributed by atoms with E-state index in [0.29, 0.717) is 41.8 Å². The zero-order valence-electron chi connectivity index (χ0n) is 20.6. The van der Waals surface area contributed by atoms with E-state index in [1.165, 1.54) is 44.7 Å². The molecule has 11 heteroatoms. The fraction of sp³-hybridized carbons (Fsp3) is 0.231. The van der Waals surface area contributed by atoms with Crippen molar-refractivity contribution in [3.05, 3.63) is 71.8 Å². The summed E-state index contributed by atoms with van der Waals surface area (Å²) in [7, 11) is -1.19. The van der Waals surface area contributed by atoms with Gasteiger partial charge in [0.1, 0.15) is 19.8 Å². The van der Waals surface area contributed by atoms with Gasteiger partial charge in [0.25, 0.3) is 15.9 Å². The van der Waals surface area contributed by atoms with E-state index in [0.717, 1.165) is 9.87 Å². The van der Waals surface area contributed by atoms with Crippen LogP contribution >= 0.6 is 0 Å². The Balaban J connectivity index is 1.60. The van der Waals surface area contributed by atoms with Crippen LogP contribution in [0.2, 0.25) is 0 Å². The molecule has 3 aromatic rings. The molecule has 4 rings (SSSR count). The molecule has 1 aliphatic heterocycles. The lowest BCUT2D eigenvalue weighted by atomic mass is 10.2. The Morgan fingerprint density at radius 1 is 1.03 bits per heavy atom. The van der Waals surface area contributed by atoms with Crippen molar-refractivity contribution in [2.45, 2.75) is 11.8 Å². The first-order chi connectivity index (χ1) is 17.8. The van der Waals surface area contributed by atoms with Crippen LogP contribution in [0.3, 0.4) is 0 Å². The number of ether oxygens (including phenoxy) is 4. The summed E-state index contributed by atoms with van der Waals surface area (Å²) in [6, 6.07) is 16.3. The van der Waals surface area contributed by atoms with Gasteiger partial charge in [-0.1, -0.05) is 23.8 Å². The van der Waals surface area contributed by atoms with Crippen molar-refractivity contribution in [1.82, 2.24) is 5.43 Å². The number of methoxy groups -OCH3 is 2. The van der Waals surface area contributed by atoms with E-state index in [2.05, 4.69) is 10.5 Å². The van der Waals surface area contributed by atoms with Gasteiger partial charge in [0.15, 0.2) is 23.0 Å². The molecule has 1 heterocycles. The average molecular weight is 526 g/mol. The van der Waals surface area contributed by atoms with E-state index in [4.69, 9.17) is 18.9 Å². The lowest BCUT2D eigenvalue weighted by Crippen LogP contribution is -2.39. The number of para-hydroxylation sites is 1. The molecule has 0 radical (unpaired) electrons. The summed E-state index contributed by atoms with van der Waals surface area (Å²) >= 11 is 0. The highest BCUT2D eigenvalue weighted by atomic mass is 32.2. The quantitative estimate of drug-likeness (QED) is 0.337. The van der Waals surface area contributed by atoms with Crippen molar-refractivity contribution in [3.8, 4) is 23.0 Å². The number of carbonyl (C=O) groups excluding carboxylic acids is 1. The predicted molar refractivity (Wildman–Crippen MR) is 138 cm³/mol. The number of sulfonamides is 1. The molecule has 1 aliphatic rings. The van der Waals surface area contributed by atoms with Gasteiger partial charge in [0, 0.05) is 11.6 Å². The van der Waals surface area contributed by atoms with Gasteiger partial charge in [0.2, 0.25) is 0 Å². The summed E-state index contributed by atoms with van der Waals surface area (Å²) in [5.41, 5.74) is 4.13. The molecule has 0 atom stereocenters. The Labute approximate surface area is 215 Å². The Morgan fingerprint density at radius 3 is 2.49 bits per heavy atom. The molecule has 0 saturated carbocycles. The third-order valence-corrected chi connectivity index (χ3v) is 7.33. The largest absolute Gasteiger partial charge is 0.493 e. The maximum Gasteiger partial charge on any atom is 0.264 e. The highest BCUT2D eigenvalue weighted by Crippen LogP contribution is 2.34. The summed E-state index contributed by atoms with van der Waals surface area (Å²) in [5, 5.41) is 4.00. The first-order valence-corrected chi connectivity index (χ1v) is 12.8. The summed E-state index contributed by atoms with van der Waals surface area (Å²) in [6.45, 7) is 2.18. The molecule has 37 heavy (non-hydrogen) atoms. The number of nitrogens with zero attached hydrogens (tertiary/aromatic N) is 2. The summed E-state index contributed by atoms with van der Waals surface area (Å²) in [5.74, 6) is 1.21. The Bertz CT molecular complexity index is 1410. The van der Waals surface area contributed by atoms with Crippen LogP contribution in [0.1, 0.15) is 11.1 Å². The minimum absolute atomic E-state index is 0.0391. The number of hydrazone groups is 1. The molecule has 194 valence electrons. The van der Waals surface area contributed by atoms with E-state index < -0.39 is 22.5 Å². The minimum atomic E-state index is -4.11. The maximum atomic E-state index is 13.6. The van der Waals surface area contributed by atoms with Crippen LogP contribution in [-0.4, -0.2) is 54.5 Å². The number of hydrogen-bond donors (Lipinski definition) is 1. The van der Waals surface area contributed by atoms with Crippen LogP contribution in [0.5, 0.6) is 23.0 Å². The molecule has 10 nitrogen and oxygen atoms in total. The standard InChI is InChI=1S/C26H27N3O7S/c1-18-7-10-21(11-8-18)37(31,32)29(20-9-12-22(33-2)24(15-20)34-3)17-25(30)28-27-16-19-5-4-6-23-26(19)36-14-13-35-23/h4-12,15-16H,13-14,17H2,1-3H3,(H,28,30)/b27-16+. The number of benzene rings is 3. The number of hydrogen-bond acceptors (Lipinski definition) is 8. The van der Waals surface area contributed by atoms with Gasteiger partial charge in [-0.15, -0.1) is 0 Å². The molecule has 0 bridgehead atoms. The molecule has 0 spiro atoms. The van der Waals surface area contributed by atoms with E-state index in [1.54, 1.807) is 36.4 Å². The third kappa shape index (κ3) is 5.78. The topological polar surface area (TPSA) is 116 Å². The van der Waals surface area contributed by atoms with E-state index in [9.17, 15) is 13.2 Å². The van der Waals surface area contributed by atoms with Crippen molar-refractivity contribution in [1.29, 1.82) is 0 Å². The van der Waals surface area contributed by atoms with Gasteiger partial charge in [-0.3, -0.25) is 9.10 Å². The van der Waals surface area contributed by atoms with Crippen LogP contribution < -0.4 is 28.7 Å². The van der Waals surface area contributed by atoms with Crippen molar-refractivity contribution in [3.63, 3.8) is 0 Å². The minimum Gasteiger partial charge on any atom is -0.493 e. The van der Waals surface area contributed by atoms with Crippen molar-refractivity contribution in [2.24, 2.45) is 5.10 Å². The van der Waals surface area contributed by atoms with E-state index in [-0.39, 0.29) is 10.6 Å². The molecule has 1 N–H and O–H groups in total. The van der Waals surface area contributed by atoms with Crippen molar-refractivity contribution < 1.29 is 32.2 Å². The van der Waals surface area contributed by atoms with Gasteiger partial charge >= 0.3 is 0 Å². The zero-order valence-corrected chi connectivity index (χ0v) is 21.4. The molecule has 1 amide bonds. The number of anilines is 1. The average Bonchev–Trinajstić information content (AvgIpc) is 2.91. The first kappa shape index (κ1) is 25.8. The molecule has 3 aromatic carbocycles. The number of aryl methyl sites for hydroxylation is 1. The van der Waals surface area contributed by atoms with Gasteiger partial charge < -0.3 is 18.9 Å². The van der Waals surface area contributed by atoms with E-state index in [1.807, 2.05) is 6.92 Å². The fourth-order valence-corrected chi connectivity index (χ4v) is 5.08. The number of nitrogens with one attached hydrogen (secondary N) is 1. The zero-order chi connectivity index (χ0) is 26.4. The first-order valence-electron chi connectivity index (χ1n) is 11.4. The third-order valence-electron chi connectivity index (χ3n) is 5.54. The highest BCUT2D eigenvalue weighted by Gasteiger charge is 2.28. The van der Waals surface area contributed by atoms with Crippen LogP contribution in [0.4, 0.5) is 5.69 Å². The summed E-state index contributed by atoms with van der Waals surface area (Å²) in [4.78, 5) is 12.9. The molecular weight excluding hydrogens is 498 g/mol. The molecule has 0 saturated heterocycles. The SMILES string of the molecule is COc1ccc(N(CC(=O)N/N=C/c2cccc3c2OCCO3)S(=O)(=O)c2ccc(C)cc2)cc1OC. The predicted octanol–water partition coefficient (Wildman–Crippen LogP) is 3.13. The molecule has 0 unspecified atom stereocenters. The summed E-state index contributed by atoms with van der Waals surface area (Å²) in [6.07, 6.45) is 1.42. The Kier molecular flexibility index (Phi) is 7.83. The lowest BCUT2D eigenvalue weighted by molar-refractivity contribution is -0.119. The van der Waals surface area contributed by atoms with Crippen molar-refractivity contribution in [2.75, 3.05) is 38.3 Å². The maximum absolute atomic E-state index is 13.6. The van der Waals surface area contributed by atoms with Crippen LogP contribution in [0, 0.1) is 6.92 Å². The number of rotatable bonds is 9. The van der Waals surface area contributed by atoms with Crippen LogP contribution in [0.25, 0.3) is 0 Å². The number of carbonyl (C=O) groups is 1. The second-order valence-electron chi connectivity index (χ2n) is 8.03. The second kappa shape index (κ2) is 11.2. The monoisotopic (exact) mass is 525 g/mol. The summed E-state index contributed by atoms with van der Waals surface area (Å²) < 4.78 is 50.0. The van der Waals surface area contributed by atoms with Gasteiger partial charge in [-0.25, -0.2) is 13.8 Å². The van der Waals surface area contributed by atoms with E-state index >= 15 is 0 Å². The number of amides is 1. The van der Waals surface area contributed by atoms with Crippen LogP contribution in [0.15, 0.2) is 70.7 Å². The second-order valence-corrected chi connectivity index (χ2v) is 9.89. The molecular formula is C26H27N3O7S. The smallest absolute Gasteiger partial charge is 0.264 e. The molecule has 0 aliphatic carbocycles. The molecule has 0 fully saturated rings. The van der Waals surface area contributed by atoms with Gasteiger partial charge in [0.05, 0.1) is 31.0 Å². The highest BCUT2D eigenvalue weighted by molar-refractivity contribution is 7.92. The molecule has 0 aromatic heterocycles. The van der Waals surface area contributed by atoms with Crippen LogP contribution in [-0.2, 0) is 14.8 Å². The Morgan fingerprint density at radius 2 is 1.76 bits per heavy atom. The Hall–Kier alpha value is -4.25. The fourth-order valence-electron chi connectivity index (χ4n) is 3.67. The van der Waals surface area contributed by atoms with Gasteiger partial charge in [-0.05, 0) is 43.3 Å². The lowest BCUT2D eigenvalue weighted by Gasteiger charge is -2.24. The van der Waals surface area contributed by atoms with Crippen molar-refractivity contribution >= 4 is 27.8 Å². The number of fused-ring (bicyclic) bond motifs is 1. The van der Waals surface area contributed by atoms with Gasteiger partial charge in [-0.2, -0.15) is 5.10 Å². The normalized spacial score (nSPS) is 12.7.